The molecule has 3 rings (SSSR count). The molecule has 0 heterocycles. The van der Waals surface area contributed by atoms with Crippen molar-refractivity contribution in [3.63, 3.8) is 0 Å². The van der Waals surface area contributed by atoms with Crippen LogP contribution in [0.1, 0.15) is 21.5 Å². The van der Waals surface area contributed by atoms with Crippen LogP contribution in [0.3, 0.4) is 0 Å². The molecule has 0 aliphatic carbocycles. The van der Waals surface area contributed by atoms with Crippen molar-refractivity contribution in [1.82, 2.24) is 0 Å². The van der Waals surface area contributed by atoms with Gasteiger partial charge >= 0.3 is 12.1 Å². The number of carbonyl (C=O) groups is 1. The van der Waals surface area contributed by atoms with Gasteiger partial charge in [-0.1, -0.05) is 24.3 Å². The zero-order valence-corrected chi connectivity index (χ0v) is 14.3. The van der Waals surface area contributed by atoms with Gasteiger partial charge in [-0.3, -0.25) is 9.59 Å². The average molecular weight is 390 g/mol. The van der Waals surface area contributed by atoms with Crippen molar-refractivity contribution in [3.8, 4) is 0 Å². The number of aromatic carboxylic acids is 1. The van der Waals surface area contributed by atoms with Crippen LogP contribution in [0.25, 0.3) is 0 Å². The molecule has 0 fully saturated rings. The zero-order chi connectivity index (χ0) is 20.6. The lowest BCUT2D eigenvalue weighted by molar-refractivity contribution is -0.136. The monoisotopic (exact) mass is 390 g/mol. The van der Waals surface area contributed by atoms with Gasteiger partial charge in [-0.2, -0.15) is 13.2 Å². The summed E-state index contributed by atoms with van der Waals surface area (Å²) >= 11 is 0. The van der Waals surface area contributed by atoms with Gasteiger partial charge in [0, 0.05) is 0 Å². The van der Waals surface area contributed by atoms with Crippen LogP contribution in [-0.2, 0) is 6.18 Å². The maximum Gasteiger partial charge on any atom is 0.418 e. The molecule has 0 aliphatic rings. The predicted octanol–water partition coefficient (Wildman–Crippen LogP) is 3.80. The molecule has 3 aromatic rings. The molecule has 144 valence electrons. The lowest BCUT2D eigenvalue weighted by Gasteiger charge is -2.19. The zero-order valence-electron chi connectivity index (χ0n) is 14.3. The number of benzene rings is 2. The minimum absolute atomic E-state index is 0.0780. The van der Waals surface area contributed by atoms with Gasteiger partial charge in [0.15, 0.2) is 0 Å². The SMILES string of the molecule is Cc1cccc(C(=O)O)c1Nc1c(Nc2ccccc2C(F)(F)F)c(=O)c1=O. The Hall–Kier alpha value is -3.62. The van der Waals surface area contributed by atoms with Crippen LogP contribution in [-0.4, -0.2) is 11.1 Å². The van der Waals surface area contributed by atoms with Gasteiger partial charge in [0.25, 0.3) is 10.9 Å². The second-order valence-electron chi connectivity index (χ2n) is 6.00. The first-order valence-electron chi connectivity index (χ1n) is 7.97. The Morgan fingerprint density at radius 3 is 2.11 bits per heavy atom. The van der Waals surface area contributed by atoms with Crippen molar-refractivity contribution < 1.29 is 23.1 Å². The number of hydrogen-bond acceptors (Lipinski definition) is 5. The molecule has 6 nitrogen and oxygen atoms in total. The molecular formula is C19H13F3N2O4. The molecule has 0 unspecified atom stereocenters. The maximum atomic E-state index is 13.1. The van der Waals surface area contributed by atoms with Crippen molar-refractivity contribution in [2.75, 3.05) is 10.6 Å². The normalized spacial score (nSPS) is 11.4. The molecule has 0 saturated heterocycles. The molecule has 0 aliphatic heterocycles. The first-order chi connectivity index (χ1) is 13.1. The topological polar surface area (TPSA) is 95.5 Å². The average Bonchev–Trinajstić information content (AvgIpc) is 2.64. The van der Waals surface area contributed by atoms with E-state index in [1.807, 2.05) is 0 Å². The third-order valence-corrected chi connectivity index (χ3v) is 4.16. The van der Waals surface area contributed by atoms with Gasteiger partial charge in [-0.25, -0.2) is 4.79 Å². The van der Waals surface area contributed by atoms with E-state index >= 15 is 0 Å². The minimum atomic E-state index is -4.67. The number of carboxylic acids is 1. The Morgan fingerprint density at radius 1 is 0.893 bits per heavy atom. The molecule has 0 spiro atoms. The lowest BCUT2D eigenvalue weighted by Crippen LogP contribution is -2.36. The summed E-state index contributed by atoms with van der Waals surface area (Å²) in [6, 6.07) is 8.90. The number of carboxylic acid groups (broad SMARTS) is 1. The first-order valence-corrected chi connectivity index (χ1v) is 7.97. The van der Waals surface area contributed by atoms with E-state index in [2.05, 4.69) is 10.6 Å². The Morgan fingerprint density at radius 2 is 1.50 bits per heavy atom. The summed E-state index contributed by atoms with van der Waals surface area (Å²) in [5.74, 6) is -1.26. The highest BCUT2D eigenvalue weighted by molar-refractivity contribution is 5.97. The fourth-order valence-electron chi connectivity index (χ4n) is 2.74. The summed E-state index contributed by atoms with van der Waals surface area (Å²) in [5.41, 5.74) is -3.58. The Labute approximate surface area is 155 Å². The number of para-hydroxylation sites is 2. The van der Waals surface area contributed by atoms with Crippen molar-refractivity contribution >= 4 is 28.7 Å². The van der Waals surface area contributed by atoms with Crippen LogP contribution in [0.4, 0.5) is 35.9 Å². The maximum absolute atomic E-state index is 13.1. The second kappa shape index (κ2) is 6.84. The molecule has 0 saturated carbocycles. The number of nitrogens with one attached hydrogen (secondary N) is 2. The summed E-state index contributed by atoms with van der Waals surface area (Å²) in [6.45, 7) is 1.59. The molecule has 9 heteroatoms. The predicted molar refractivity (Wildman–Crippen MR) is 97.5 cm³/mol. The summed E-state index contributed by atoms with van der Waals surface area (Å²) < 4.78 is 39.4. The number of rotatable bonds is 5. The smallest absolute Gasteiger partial charge is 0.418 e. The van der Waals surface area contributed by atoms with Gasteiger partial charge in [-0.05, 0) is 30.7 Å². The Bertz CT molecular complexity index is 1150. The van der Waals surface area contributed by atoms with Gasteiger partial charge in [0.05, 0.1) is 22.5 Å². The molecule has 0 amide bonds. The molecule has 3 N–H and O–H groups in total. The van der Waals surface area contributed by atoms with Crippen LogP contribution in [0, 0.1) is 6.92 Å². The summed E-state index contributed by atoms with van der Waals surface area (Å²) in [4.78, 5) is 35.3. The van der Waals surface area contributed by atoms with E-state index in [-0.39, 0.29) is 22.6 Å². The van der Waals surface area contributed by atoms with E-state index in [4.69, 9.17) is 0 Å². The molecule has 0 bridgehead atoms. The van der Waals surface area contributed by atoms with Gasteiger partial charge in [-0.15, -0.1) is 0 Å². The molecule has 0 aromatic heterocycles. The third kappa shape index (κ3) is 3.34. The highest BCUT2D eigenvalue weighted by atomic mass is 19.4. The van der Waals surface area contributed by atoms with Crippen LogP contribution >= 0.6 is 0 Å². The Balaban J connectivity index is 2.02. The van der Waals surface area contributed by atoms with Gasteiger partial charge in [0.2, 0.25) is 0 Å². The van der Waals surface area contributed by atoms with Gasteiger partial charge < -0.3 is 15.7 Å². The molecule has 3 aromatic carbocycles. The van der Waals surface area contributed by atoms with Crippen LogP contribution in [0.5, 0.6) is 0 Å². The van der Waals surface area contributed by atoms with Crippen molar-refractivity contribution in [3.05, 3.63) is 79.6 Å². The number of hydrogen-bond donors (Lipinski definition) is 3. The van der Waals surface area contributed by atoms with Crippen LogP contribution in [0.2, 0.25) is 0 Å². The van der Waals surface area contributed by atoms with Crippen molar-refractivity contribution in [1.29, 1.82) is 0 Å². The minimum Gasteiger partial charge on any atom is -0.478 e. The van der Waals surface area contributed by atoms with E-state index in [1.54, 1.807) is 13.0 Å². The molecule has 28 heavy (non-hydrogen) atoms. The van der Waals surface area contributed by atoms with E-state index in [0.717, 1.165) is 12.1 Å². The molecule has 0 atom stereocenters. The summed E-state index contributed by atoms with van der Waals surface area (Å²) in [6.07, 6.45) is -4.67. The number of halogens is 3. The fraction of sp³-hybridized carbons (Fsp3) is 0.105. The van der Waals surface area contributed by atoms with Gasteiger partial charge in [0.1, 0.15) is 11.4 Å². The van der Waals surface area contributed by atoms with E-state index < -0.39 is 34.3 Å². The largest absolute Gasteiger partial charge is 0.478 e. The summed E-state index contributed by atoms with van der Waals surface area (Å²) in [7, 11) is 0. The Kier molecular flexibility index (Phi) is 4.68. The van der Waals surface area contributed by atoms with Crippen molar-refractivity contribution in [2.24, 2.45) is 0 Å². The van der Waals surface area contributed by atoms with Crippen molar-refractivity contribution in [2.45, 2.75) is 13.1 Å². The quantitative estimate of drug-likeness (QED) is 0.574. The van der Waals surface area contributed by atoms with E-state index in [9.17, 15) is 32.7 Å². The highest BCUT2D eigenvalue weighted by Crippen LogP contribution is 2.37. The van der Waals surface area contributed by atoms with E-state index in [1.165, 1.54) is 24.3 Å². The molecule has 0 radical (unpaired) electrons. The summed E-state index contributed by atoms with van der Waals surface area (Å²) in [5, 5.41) is 14.2. The third-order valence-electron chi connectivity index (χ3n) is 4.16. The fourth-order valence-corrected chi connectivity index (χ4v) is 2.74. The number of alkyl halides is 3. The molecular weight excluding hydrogens is 377 g/mol. The standard InChI is InChI=1S/C19H13F3N2O4/c1-9-5-4-6-10(18(27)28)13(9)24-15-14(16(25)17(15)26)23-12-8-3-2-7-11(12)19(20,21)22/h2-8,23-24H,1H3,(H,27,28). The second-order valence-corrected chi connectivity index (χ2v) is 6.00. The first kappa shape index (κ1) is 19.2. The number of anilines is 4. The van der Waals surface area contributed by atoms with E-state index in [0.29, 0.717) is 5.56 Å². The highest BCUT2D eigenvalue weighted by Gasteiger charge is 2.34. The van der Waals surface area contributed by atoms with Crippen LogP contribution < -0.4 is 21.5 Å². The lowest BCUT2D eigenvalue weighted by atomic mass is 10.1. The van der Waals surface area contributed by atoms with Crippen LogP contribution in [0.15, 0.2) is 52.1 Å². The number of aryl methyl sites for hydroxylation is 1.